The zero-order chi connectivity index (χ0) is 8.97. The van der Waals surface area contributed by atoms with Crippen molar-refractivity contribution < 1.29 is 9.53 Å². The summed E-state index contributed by atoms with van der Waals surface area (Å²) in [5, 5.41) is 1.98. The van der Waals surface area contributed by atoms with E-state index in [0.29, 0.717) is 0 Å². The van der Waals surface area contributed by atoms with Crippen molar-refractivity contribution in [3.63, 3.8) is 0 Å². The highest BCUT2D eigenvalue weighted by atomic mass is 32.1. The fourth-order valence-corrected chi connectivity index (χ4v) is 1.52. The highest BCUT2D eigenvalue weighted by Gasteiger charge is 1.99. The second-order valence-electron chi connectivity index (χ2n) is 2.33. The Hall–Kier alpha value is -1.09. The minimum absolute atomic E-state index is 0.305. The molecule has 0 aliphatic rings. The first kappa shape index (κ1) is 9.00. The van der Waals surface area contributed by atoms with Gasteiger partial charge in [0, 0.05) is 11.0 Å². The van der Waals surface area contributed by atoms with Crippen LogP contribution in [0.3, 0.4) is 0 Å². The van der Waals surface area contributed by atoms with Crippen LogP contribution in [0.4, 0.5) is 0 Å². The summed E-state index contributed by atoms with van der Waals surface area (Å²) in [5.74, 6) is -0.305. The van der Waals surface area contributed by atoms with Crippen LogP contribution >= 0.6 is 11.3 Å². The van der Waals surface area contributed by atoms with Crippen molar-refractivity contribution in [3.05, 3.63) is 28.5 Å². The normalized spacial score (nSPS) is 11.3. The number of thiophene rings is 1. The van der Waals surface area contributed by atoms with E-state index in [4.69, 9.17) is 0 Å². The largest absolute Gasteiger partial charge is 0.466 e. The lowest BCUT2D eigenvalue weighted by atomic mass is 10.2. The minimum atomic E-state index is -0.305. The average Bonchev–Trinajstić information content (AvgIpc) is 2.56. The van der Waals surface area contributed by atoms with Gasteiger partial charge in [-0.1, -0.05) is 6.07 Å². The van der Waals surface area contributed by atoms with E-state index < -0.39 is 0 Å². The van der Waals surface area contributed by atoms with Gasteiger partial charge in [0.15, 0.2) is 0 Å². The molecule has 0 atom stereocenters. The molecule has 0 saturated carbocycles. The summed E-state index contributed by atoms with van der Waals surface area (Å²) in [7, 11) is 1.38. The van der Waals surface area contributed by atoms with Gasteiger partial charge in [0.1, 0.15) is 0 Å². The Bertz CT molecular complexity index is 285. The number of ether oxygens (including phenoxy) is 1. The van der Waals surface area contributed by atoms with Crippen molar-refractivity contribution in [2.24, 2.45) is 0 Å². The van der Waals surface area contributed by atoms with Crippen molar-refractivity contribution >= 4 is 22.9 Å². The van der Waals surface area contributed by atoms with Gasteiger partial charge in [0.05, 0.1) is 7.11 Å². The third-order valence-corrected chi connectivity index (χ3v) is 2.45. The van der Waals surface area contributed by atoms with Gasteiger partial charge in [-0.3, -0.25) is 0 Å². The highest BCUT2D eigenvalue weighted by molar-refractivity contribution is 7.11. The summed E-state index contributed by atoms with van der Waals surface area (Å²) in [5.41, 5.74) is 0.942. The number of hydrogen-bond donors (Lipinski definition) is 0. The van der Waals surface area contributed by atoms with E-state index in [0.717, 1.165) is 10.5 Å². The summed E-state index contributed by atoms with van der Waals surface area (Å²) in [6.45, 7) is 1.89. The predicted octanol–water partition coefficient (Wildman–Crippen LogP) is 2.32. The summed E-state index contributed by atoms with van der Waals surface area (Å²) in [4.78, 5) is 11.9. The molecule has 0 saturated heterocycles. The number of hydrogen-bond acceptors (Lipinski definition) is 3. The molecule has 0 fully saturated rings. The molecule has 12 heavy (non-hydrogen) atoms. The Morgan fingerprint density at radius 1 is 1.67 bits per heavy atom. The second kappa shape index (κ2) is 4.07. The highest BCUT2D eigenvalue weighted by Crippen LogP contribution is 2.18. The van der Waals surface area contributed by atoms with Gasteiger partial charge in [-0.05, 0) is 23.9 Å². The first-order valence-corrected chi connectivity index (χ1v) is 4.42. The summed E-state index contributed by atoms with van der Waals surface area (Å²) < 4.78 is 4.51. The molecular weight excluding hydrogens is 172 g/mol. The average molecular weight is 182 g/mol. The quantitative estimate of drug-likeness (QED) is 0.518. The molecule has 0 aliphatic heterocycles. The minimum Gasteiger partial charge on any atom is -0.466 e. The van der Waals surface area contributed by atoms with E-state index in [2.05, 4.69) is 4.74 Å². The maximum atomic E-state index is 10.8. The zero-order valence-electron chi connectivity index (χ0n) is 7.03. The smallest absolute Gasteiger partial charge is 0.330 e. The molecule has 0 radical (unpaired) electrons. The van der Waals surface area contributed by atoms with Crippen LogP contribution in [0.15, 0.2) is 23.6 Å². The van der Waals surface area contributed by atoms with Gasteiger partial charge in [-0.2, -0.15) is 0 Å². The summed E-state index contributed by atoms with van der Waals surface area (Å²) >= 11 is 1.61. The van der Waals surface area contributed by atoms with Gasteiger partial charge in [0.25, 0.3) is 0 Å². The van der Waals surface area contributed by atoms with Gasteiger partial charge >= 0.3 is 5.97 Å². The topological polar surface area (TPSA) is 26.3 Å². The van der Waals surface area contributed by atoms with Gasteiger partial charge in [-0.25, -0.2) is 4.79 Å². The zero-order valence-corrected chi connectivity index (χ0v) is 7.85. The van der Waals surface area contributed by atoms with Crippen LogP contribution in [-0.4, -0.2) is 13.1 Å². The van der Waals surface area contributed by atoms with Crippen LogP contribution < -0.4 is 0 Å². The van der Waals surface area contributed by atoms with Crippen LogP contribution in [0.25, 0.3) is 5.57 Å². The maximum absolute atomic E-state index is 10.8. The van der Waals surface area contributed by atoms with Crippen LogP contribution in [0.2, 0.25) is 0 Å². The van der Waals surface area contributed by atoms with Crippen molar-refractivity contribution in [3.8, 4) is 0 Å². The SMILES string of the molecule is COC(=O)C=C(C)c1cccs1. The molecule has 0 amide bonds. The molecule has 64 valence electrons. The number of allylic oxidation sites excluding steroid dienone is 1. The molecule has 1 aromatic rings. The summed E-state index contributed by atoms with van der Waals surface area (Å²) in [6.07, 6.45) is 1.49. The van der Waals surface area contributed by atoms with Crippen molar-refractivity contribution in [2.45, 2.75) is 6.92 Å². The number of methoxy groups -OCH3 is 1. The Morgan fingerprint density at radius 3 is 2.92 bits per heavy atom. The fourth-order valence-electron chi connectivity index (χ4n) is 0.810. The van der Waals surface area contributed by atoms with E-state index in [1.807, 2.05) is 24.4 Å². The van der Waals surface area contributed by atoms with Crippen LogP contribution in [0, 0.1) is 0 Å². The van der Waals surface area contributed by atoms with Crippen LogP contribution in [0.1, 0.15) is 11.8 Å². The molecule has 0 aromatic carbocycles. The van der Waals surface area contributed by atoms with E-state index >= 15 is 0 Å². The van der Waals surface area contributed by atoms with Crippen LogP contribution in [0.5, 0.6) is 0 Å². The Labute approximate surface area is 75.5 Å². The molecule has 2 nitrogen and oxygen atoms in total. The first-order chi connectivity index (χ1) is 5.74. The number of carbonyl (C=O) groups excluding carboxylic acids is 1. The Balaban J connectivity index is 2.77. The molecule has 3 heteroatoms. The molecule has 1 aromatic heterocycles. The fraction of sp³-hybridized carbons (Fsp3) is 0.222. The molecule has 0 bridgehead atoms. The number of esters is 1. The lowest BCUT2D eigenvalue weighted by molar-refractivity contribution is -0.134. The Morgan fingerprint density at radius 2 is 2.42 bits per heavy atom. The van der Waals surface area contributed by atoms with E-state index in [-0.39, 0.29) is 5.97 Å². The number of carbonyl (C=O) groups is 1. The van der Waals surface area contributed by atoms with Crippen molar-refractivity contribution in [1.82, 2.24) is 0 Å². The molecule has 0 unspecified atom stereocenters. The van der Waals surface area contributed by atoms with Gasteiger partial charge in [-0.15, -0.1) is 11.3 Å². The Kier molecular flexibility index (Phi) is 3.05. The maximum Gasteiger partial charge on any atom is 0.330 e. The van der Waals surface area contributed by atoms with Crippen molar-refractivity contribution in [1.29, 1.82) is 0 Å². The third-order valence-electron chi connectivity index (χ3n) is 1.45. The summed E-state index contributed by atoms with van der Waals surface area (Å²) in [6, 6.07) is 3.92. The molecule has 0 N–H and O–H groups in total. The van der Waals surface area contributed by atoms with Crippen molar-refractivity contribution in [2.75, 3.05) is 7.11 Å². The van der Waals surface area contributed by atoms with E-state index in [1.165, 1.54) is 13.2 Å². The molecule has 0 spiro atoms. The first-order valence-electron chi connectivity index (χ1n) is 3.54. The molecule has 0 aliphatic carbocycles. The third kappa shape index (κ3) is 2.20. The molecular formula is C9H10O2S. The standard InChI is InChI=1S/C9H10O2S/c1-7(6-9(10)11-2)8-4-3-5-12-8/h3-6H,1-2H3. The van der Waals surface area contributed by atoms with E-state index in [1.54, 1.807) is 11.3 Å². The van der Waals surface area contributed by atoms with Gasteiger partial charge < -0.3 is 4.74 Å². The molecule has 1 rings (SSSR count). The lowest BCUT2D eigenvalue weighted by Gasteiger charge is -1.95. The van der Waals surface area contributed by atoms with Crippen LogP contribution in [-0.2, 0) is 9.53 Å². The monoisotopic (exact) mass is 182 g/mol. The second-order valence-corrected chi connectivity index (χ2v) is 3.28. The molecule has 1 heterocycles. The predicted molar refractivity (Wildman–Crippen MR) is 50.0 cm³/mol. The van der Waals surface area contributed by atoms with E-state index in [9.17, 15) is 4.79 Å². The lowest BCUT2D eigenvalue weighted by Crippen LogP contribution is -1.94. The number of rotatable bonds is 2. The van der Waals surface area contributed by atoms with Gasteiger partial charge in [0.2, 0.25) is 0 Å².